The van der Waals surface area contributed by atoms with Crippen LogP contribution in [0.4, 0.5) is 0 Å². The molecule has 1 heterocycles. The Bertz CT molecular complexity index is 488. The fraction of sp³-hybridized carbons (Fsp3) is 0.308. The normalized spacial score (nSPS) is 10.7. The van der Waals surface area contributed by atoms with Gasteiger partial charge >= 0.3 is 0 Å². The van der Waals surface area contributed by atoms with E-state index < -0.39 is 0 Å². The SMILES string of the molecule is CCc1oc(C)nc1-c1ccccc1CO. The van der Waals surface area contributed by atoms with Crippen LogP contribution < -0.4 is 0 Å². The highest BCUT2D eigenvalue weighted by molar-refractivity contribution is 5.65. The Kier molecular flexibility index (Phi) is 3.06. The molecule has 0 spiro atoms. The van der Waals surface area contributed by atoms with E-state index in [0.717, 1.165) is 29.0 Å². The molecular weight excluding hydrogens is 202 g/mol. The molecule has 0 fully saturated rings. The Balaban J connectivity index is 2.57. The van der Waals surface area contributed by atoms with Crippen LogP contribution in [-0.2, 0) is 13.0 Å². The largest absolute Gasteiger partial charge is 0.445 e. The lowest BCUT2D eigenvalue weighted by Crippen LogP contribution is -1.91. The molecule has 3 nitrogen and oxygen atoms in total. The minimum atomic E-state index is 0.0191. The fourth-order valence-electron chi connectivity index (χ4n) is 1.81. The van der Waals surface area contributed by atoms with E-state index in [2.05, 4.69) is 4.98 Å². The summed E-state index contributed by atoms with van der Waals surface area (Å²) >= 11 is 0. The van der Waals surface area contributed by atoms with Crippen molar-refractivity contribution in [2.75, 3.05) is 0 Å². The van der Waals surface area contributed by atoms with Gasteiger partial charge in [0.2, 0.25) is 0 Å². The summed E-state index contributed by atoms with van der Waals surface area (Å²) < 4.78 is 5.52. The number of aryl methyl sites for hydroxylation is 2. The predicted octanol–water partition coefficient (Wildman–Crippen LogP) is 2.70. The molecule has 0 unspecified atom stereocenters. The average molecular weight is 217 g/mol. The van der Waals surface area contributed by atoms with Gasteiger partial charge in [-0.1, -0.05) is 31.2 Å². The average Bonchev–Trinajstić information content (AvgIpc) is 2.70. The van der Waals surface area contributed by atoms with Gasteiger partial charge in [-0.3, -0.25) is 0 Å². The molecule has 2 aromatic rings. The summed E-state index contributed by atoms with van der Waals surface area (Å²) in [6.07, 6.45) is 0.802. The third-order valence-corrected chi connectivity index (χ3v) is 2.57. The van der Waals surface area contributed by atoms with Crippen LogP contribution in [0, 0.1) is 6.92 Å². The third kappa shape index (κ3) is 1.86. The second-order valence-corrected chi connectivity index (χ2v) is 3.67. The number of aromatic nitrogens is 1. The van der Waals surface area contributed by atoms with Gasteiger partial charge in [0.15, 0.2) is 5.89 Å². The molecule has 0 atom stereocenters. The number of hydrogen-bond acceptors (Lipinski definition) is 3. The summed E-state index contributed by atoms with van der Waals surface area (Å²) in [7, 11) is 0. The van der Waals surface area contributed by atoms with Crippen LogP contribution in [0.2, 0.25) is 0 Å². The van der Waals surface area contributed by atoms with Crippen molar-refractivity contribution in [2.24, 2.45) is 0 Å². The van der Waals surface area contributed by atoms with E-state index >= 15 is 0 Å². The highest BCUT2D eigenvalue weighted by Crippen LogP contribution is 2.27. The number of nitrogens with zero attached hydrogens (tertiary/aromatic N) is 1. The second-order valence-electron chi connectivity index (χ2n) is 3.67. The molecule has 1 aromatic heterocycles. The highest BCUT2D eigenvalue weighted by atomic mass is 16.4. The maximum Gasteiger partial charge on any atom is 0.191 e. The maximum atomic E-state index is 9.29. The molecule has 16 heavy (non-hydrogen) atoms. The minimum absolute atomic E-state index is 0.0191. The van der Waals surface area contributed by atoms with Gasteiger partial charge in [-0.05, 0) is 5.56 Å². The van der Waals surface area contributed by atoms with Gasteiger partial charge in [-0.2, -0.15) is 0 Å². The van der Waals surface area contributed by atoms with Crippen LogP contribution in [0.1, 0.15) is 24.1 Å². The smallest absolute Gasteiger partial charge is 0.191 e. The lowest BCUT2D eigenvalue weighted by molar-refractivity contribution is 0.282. The molecule has 0 amide bonds. The number of aliphatic hydroxyl groups is 1. The molecule has 0 saturated carbocycles. The van der Waals surface area contributed by atoms with Crippen LogP contribution in [-0.4, -0.2) is 10.1 Å². The first-order valence-corrected chi connectivity index (χ1v) is 5.41. The van der Waals surface area contributed by atoms with Crippen LogP contribution in [0.3, 0.4) is 0 Å². The molecule has 3 heteroatoms. The molecule has 0 aliphatic heterocycles. The number of oxazole rings is 1. The molecule has 1 aromatic carbocycles. The fourth-order valence-corrected chi connectivity index (χ4v) is 1.81. The number of aliphatic hydroxyl groups excluding tert-OH is 1. The predicted molar refractivity (Wildman–Crippen MR) is 62.0 cm³/mol. The summed E-state index contributed by atoms with van der Waals surface area (Å²) in [5.41, 5.74) is 2.69. The van der Waals surface area contributed by atoms with Crippen molar-refractivity contribution in [2.45, 2.75) is 26.9 Å². The van der Waals surface area contributed by atoms with Crippen molar-refractivity contribution < 1.29 is 9.52 Å². The highest BCUT2D eigenvalue weighted by Gasteiger charge is 2.13. The van der Waals surface area contributed by atoms with Gasteiger partial charge in [-0.25, -0.2) is 4.98 Å². The summed E-state index contributed by atoms with van der Waals surface area (Å²) in [6.45, 7) is 3.89. The van der Waals surface area contributed by atoms with Crippen molar-refractivity contribution in [1.29, 1.82) is 0 Å². The first kappa shape index (κ1) is 10.9. The summed E-state index contributed by atoms with van der Waals surface area (Å²) in [4.78, 5) is 4.38. The van der Waals surface area contributed by atoms with E-state index in [0.29, 0.717) is 5.89 Å². The molecule has 0 radical (unpaired) electrons. The van der Waals surface area contributed by atoms with E-state index in [9.17, 15) is 5.11 Å². The zero-order chi connectivity index (χ0) is 11.5. The first-order valence-electron chi connectivity index (χ1n) is 5.41. The van der Waals surface area contributed by atoms with Gasteiger partial charge in [0.25, 0.3) is 0 Å². The lowest BCUT2D eigenvalue weighted by Gasteiger charge is -2.04. The summed E-state index contributed by atoms with van der Waals surface area (Å²) in [5.74, 6) is 1.54. The Morgan fingerprint density at radius 3 is 2.75 bits per heavy atom. The van der Waals surface area contributed by atoms with Gasteiger partial charge in [0.05, 0.1) is 6.61 Å². The Hall–Kier alpha value is -1.61. The minimum Gasteiger partial charge on any atom is -0.445 e. The zero-order valence-electron chi connectivity index (χ0n) is 9.53. The maximum absolute atomic E-state index is 9.29. The number of rotatable bonds is 3. The van der Waals surface area contributed by atoms with Crippen LogP contribution >= 0.6 is 0 Å². The quantitative estimate of drug-likeness (QED) is 0.859. The van der Waals surface area contributed by atoms with Crippen molar-refractivity contribution in [3.8, 4) is 11.3 Å². The van der Waals surface area contributed by atoms with Crippen LogP contribution in [0.15, 0.2) is 28.7 Å². The van der Waals surface area contributed by atoms with E-state index in [4.69, 9.17) is 4.42 Å². The topological polar surface area (TPSA) is 46.3 Å². The Morgan fingerprint density at radius 1 is 1.31 bits per heavy atom. The summed E-state index contributed by atoms with van der Waals surface area (Å²) in [5, 5.41) is 9.29. The van der Waals surface area contributed by atoms with Gasteiger partial charge < -0.3 is 9.52 Å². The number of hydrogen-bond donors (Lipinski definition) is 1. The van der Waals surface area contributed by atoms with Crippen molar-refractivity contribution >= 4 is 0 Å². The van der Waals surface area contributed by atoms with E-state index in [1.54, 1.807) is 0 Å². The van der Waals surface area contributed by atoms with Crippen molar-refractivity contribution in [3.05, 3.63) is 41.5 Å². The number of benzene rings is 1. The molecule has 2 rings (SSSR count). The summed E-state index contributed by atoms with van der Waals surface area (Å²) in [6, 6.07) is 7.71. The molecule has 0 bridgehead atoms. The van der Waals surface area contributed by atoms with Crippen molar-refractivity contribution in [3.63, 3.8) is 0 Å². The van der Waals surface area contributed by atoms with Crippen molar-refractivity contribution in [1.82, 2.24) is 4.98 Å². The van der Waals surface area contributed by atoms with Gasteiger partial charge in [0.1, 0.15) is 11.5 Å². The lowest BCUT2D eigenvalue weighted by atomic mass is 10.0. The molecule has 1 N–H and O–H groups in total. The van der Waals surface area contributed by atoms with Crippen LogP contribution in [0.5, 0.6) is 0 Å². The van der Waals surface area contributed by atoms with Crippen LogP contribution in [0.25, 0.3) is 11.3 Å². The molecule has 0 aliphatic rings. The zero-order valence-corrected chi connectivity index (χ0v) is 9.53. The Labute approximate surface area is 94.8 Å². The first-order chi connectivity index (χ1) is 7.76. The van der Waals surface area contributed by atoms with Gasteiger partial charge in [0, 0.05) is 18.9 Å². The third-order valence-electron chi connectivity index (χ3n) is 2.57. The molecule has 84 valence electrons. The molecular formula is C13H15NO2. The Morgan fingerprint density at radius 2 is 2.06 bits per heavy atom. The monoisotopic (exact) mass is 217 g/mol. The second kappa shape index (κ2) is 4.49. The van der Waals surface area contributed by atoms with Gasteiger partial charge in [-0.15, -0.1) is 0 Å². The molecule has 0 aliphatic carbocycles. The van der Waals surface area contributed by atoms with E-state index in [1.807, 2.05) is 38.1 Å². The van der Waals surface area contributed by atoms with E-state index in [1.165, 1.54) is 0 Å². The van der Waals surface area contributed by atoms with E-state index in [-0.39, 0.29) is 6.61 Å². The molecule has 0 saturated heterocycles. The standard InChI is InChI=1S/C13H15NO2/c1-3-12-13(14-9(2)16-12)11-7-5-4-6-10(11)8-15/h4-7,15H,3,8H2,1-2H3.